The molecular formula is C31H35Cl2F3N4O5S. The molecule has 0 spiro atoms. The number of benzene rings is 2. The molecule has 0 bridgehead atoms. The molecule has 2 fully saturated rings. The first kappa shape index (κ1) is 35.7. The van der Waals surface area contributed by atoms with E-state index in [0.29, 0.717) is 29.5 Å². The number of hydrogen-bond donors (Lipinski definition) is 2. The van der Waals surface area contributed by atoms with Gasteiger partial charge in [0.2, 0.25) is 5.91 Å². The zero-order valence-electron chi connectivity index (χ0n) is 24.9. The van der Waals surface area contributed by atoms with Gasteiger partial charge in [-0.05, 0) is 61.2 Å². The van der Waals surface area contributed by atoms with Crippen LogP contribution >= 0.6 is 34.5 Å². The molecule has 2 aliphatic heterocycles. The van der Waals surface area contributed by atoms with Crippen LogP contribution in [0.3, 0.4) is 0 Å². The van der Waals surface area contributed by atoms with Gasteiger partial charge < -0.3 is 24.8 Å². The summed E-state index contributed by atoms with van der Waals surface area (Å²) < 4.78 is 43.0. The van der Waals surface area contributed by atoms with Gasteiger partial charge in [-0.25, -0.2) is 9.78 Å². The van der Waals surface area contributed by atoms with Crippen LogP contribution in [0.5, 0.6) is 5.75 Å². The highest BCUT2D eigenvalue weighted by molar-refractivity contribution is 7.14. The molecule has 2 saturated heterocycles. The quantitative estimate of drug-likeness (QED) is 0.230. The average Bonchev–Trinajstić information content (AvgIpc) is 3.53. The fourth-order valence-corrected chi connectivity index (χ4v) is 6.08. The van der Waals surface area contributed by atoms with E-state index in [1.807, 2.05) is 42.5 Å². The van der Waals surface area contributed by atoms with Crippen LogP contribution in [-0.2, 0) is 20.9 Å². The molecular weight excluding hydrogens is 668 g/mol. The van der Waals surface area contributed by atoms with E-state index in [0.717, 1.165) is 86.5 Å². The maximum atomic E-state index is 12.5. The van der Waals surface area contributed by atoms with Crippen molar-refractivity contribution in [3.8, 4) is 17.0 Å². The van der Waals surface area contributed by atoms with E-state index in [9.17, 15) is 18.0 Å². The van der Waals surface area contributed by atoms with Crippen LogP contribution < -0.4 is 15.0 Å². The number of halogens is 5. The summed E-state index contributed by atoms with van der Waals surface area (Å²) in [6.07, 6.45) is -2.05. The van der Waals surface area contributed by atoms with Crippen LogP contribution in [-0.4, -0.2) is 85.1 Å². The number of amides is 1. The highest BCUT2D eigenvalue weighted by Gasteiger charge is 2.38. The number of aliphatic carboxylic acids is 1. The number of likely N-dealkylation sites (tertiary alicyclic amines) is 1. The first-order chi connectivity index (χ1) is 22.0. The molecule has 0 aliphatic carbocycles. The number of carboxylic acids is 1. The lowest BCUT2D eigenvalue weighted by Gasteiger charge is -2.32. The molecule has 0 atom stereocenters. The minimum Gasteiger partial charge on any atom is -0.494 e. The monoisotopic (exact) mass is 702 g/mol. The van der Waals surface area contributed by atoms with E-state index >= 15 is 0 Å². The van der Waals surface area contributed by atoms with Crippen LogP contribution in [0.1, 0.15) is 31.2 Å². The second kappa shape index (κ2) is 17.2. The third-order valence-corrected chi connectivity index (χ3v) is 8.97. The number of nitrogens with one attached hydrogen (secondary N) is 1. The van der Waals surface area contributed by atoms with Crippen LogP contribution in [0.4, 0.5) is 18.3 Å². The number of carboxylic acid groups (broad SMARTS) is 1. The van der Waals surface area contributed by atoms with E-state index < -0.39 is 12.1 Å². The van der Waals surface area contributed by atoms with Crippen molar-refractivity contribution in [3.05, 3.63) is 63.5 Å². The average molecular weight is 704 g/mol. The van der Waals surface area contributed by atoms with Crippen molar-refractivity contribution in [2.24, 2.45) is 0 Å². The number of hydrogen-bond acceptors (Lipinski definition) is 8. The predicted octanol–water partition coefficient (Wildman–Crippen LogP) is 6.53. The fraction of sp³-hybridized carbons (Fsp3) is 0.452. The molecule has 3 aromatic rings. The van der Waals surface area contributed by atoms with Crippen LogP contribution in [0.2, 0.25) is 10.0 Å². The Kier molecular flexibility index (Phi) is 13.3. The molecule has 2 N–H and O–H groups in total. The largest absolute Gasteiger partial charge is 0.494 e. The Balaban J connectivity index is 0.000000617. The van der Waals surface area contributed by atoms with Crippen molar-refractivity contribution < 1.29 is 37.3 Å². The summed E-state index contributed by atoms with van der Waals surface area (Å²) in [6, 6.07) is 14.0. The molecule has 0 unspecified atom stereocenters. The predicted molar refractivity (Wildman–Crippen MR) is 172 cm³/mol. The lowest BCUT2D eigenvalue weighted by atomic mass is 10.0. The summed E-state index contributed by atoms with van der Waals surface area (Å²) in [5.41, 5.74) is 3.20. The molecule has 2 aromatic carbocycles. The molecule has 1 amide bonds. The Morgan fingerprint density at radius 3 is 2.35 bits per heavy atom. The first-order valence-electron chi connectivity index (χ1n) is 14.7. The van der Waals surface area contributed by atoms with Gasteiger partial charge in [-0.1, -0.05) is 29.3 Å². The normalized spacial score (nSPS) is 16.0. The number of nitrogens with zero attached hydrogens (tertiary/aromatic N) is 3. The van der Waals surface area contributed by atoms with Crippen LogP contribution in [0.15, 0.2) is 47.8 Å². The van der Waals surface area contributed by atoms with Crippen molar-refractivity contribution in [3.63, 3.8) is 0 Å². The van der Waals surface area contributed by atoms with E-state index in [1.165, 1.54) is 0 Å². The molecule has 0 saturated carbocycles. The number of morpholine rings is 1. The summed E-state index contributed by atoms with van der Waals surface area (Å²) in [4.78, 5) is 30.8. The second-order valence-electron chi connectivity index (χ2n) is 10.8. The van der Waals surface area contributed by atoms with Crippen LogP contribution in [0.25, 0.3) is 11.3 Å². The molecule has 5 rings (SSSR count). The highest BCUT2D eigenvalue weighted by atomic mass is 35.5. The number of alkyl halides is 3. The number of thiazole rings is 1. The van der Waals surface area contributed by atoms with Gasteiger partial charge in [-0.3, -0.25) is 9.69 Å². The van der Waals surface area contributed by atoms with E-state index in [1.54, 1.807) is 11.3 Å². The van der Waals surface area contributed by atoms with Gasteiger partial charge in [0.05, 0.1) is 35.6 Å². The number of carbonyl (C=O) groups excluding carboxylic acids is 1. The van der Waals surface area contributed by atoms with Gasteiger partial charge in [0.1, 0.15) is 5.75 Å². The number of piperidine rings is 1. The summed E-state index contributed by atoms with van der Waals surface area (Å²) in [6.45, 7) is 6.52. The standard InChI is InChI=1S/C29H34Cl2N4O3S.C2HF3O2/c30-25-8-3-21(18-26(25)31)19-34-11-9-23(10-12-34)32-28(36)2-1-15-38-24-6-4-22(5-7-24)27-20-39-29(33-27)35-13-16-37-17-14-35;3-2(4,5)1(6)7/h3-8,18,20,23H,1-2,9-17,19H2,(H,32,36);(H,6,7). The van der Waals surface area contributed by atoms with E-state index in [4.69, 9.17) is 47.6 Å². The van der Waals surface area contributed by atoms with Crippen molar-refractivity contribution in [2.45, 2.75) is 44.4 Å². The number of rotatable bonds is 10. The Labute approximate surface area is 279 Å². The minimum absolute atomic E-state index is 0.0940. The summed E-state index contributed by atoms with van der Waals surface area (Å²) in [5, 5.41) is 14.6. The number of ether oxygens (including phenoxy) is 2. The van der Waals surface area contributed by atoms with Gasteiger partial charge in [-0.2, -0.15) is 13.2 Å². The number of anilines is 1. The molecule has 0 radical (unpaired) electrons. The third-order valence-electron chi connectivity index (χ3n) is 7.33. The highest BCUT2D eigenvalue weighted by Crippen LogP contribution is 2.29. The minimum atomic E-state index is -5.08. The van der Waals surface area contributed by atoms with Gasteiger partial charge in [-0.15, -0.1) is 11.3 Å². The lowest BCUT2D eigenvalue weighted by molar-refractivity contribution is -0.192. The Bertz CT molecular complexity index is 1430. The molecule has 46 heavy (non-hydrogen) atoms. The van der Waals surface area contributed by atoms with Gasteiger partial charge in [0, 0.05) is 56.1 Å². The number of aromatic nitrogens is 1. The Morgan fingerprint density at radius 2 is 1.72 bits per heavy atom. The molecule has 9 nitrogen and oxygen atoms in total. The first-order valence-corrected chi connectivity index (χ1v) is 16.4. The SMILES string of the molecule is O=C(CCCOc1ccc(-c2csc(N3CCOCC3)n2)cc1)NC1CCN(Cc2ccc(Cl)c(Cl)c2)CC1.O=C(O)C(F)(F)F. The van der Waals surface area contributed by atoms with E-state index in [2.05, 4.69) is 20.5 Å². The van der Waals surface area contributed by atoms with Crippen molar-refractivity contribution in [1.29, 1.82) is 0 Å². The van der Waals surface area contributed by atoms with Gasteiger partial charge in [0.25, 0.3) is 0 Å². The molecule has 15 heteroatoms. The Hall–Kier alpha value is -3.10. The van der Waals surface area contributed by atoms with E-state index in [-0.39, 0.29) is 11.9 Å². The van der Waals surface area contributed by atoms with Crippen molar-refractivity contribution in [2.75, 3.05) is 50.9 Å². The van der Waals surface area contributed by atoms with Crippen molar-refractivity contribution >= 4 is 51.5 Å². The van der Waals surface area contributed by atoms with Gasteiger partial charge >= 0.3 is 12.1 Å². The smallest absolute Gasteiger partial charge is 0.490 e. The lowest BCUT2D eigenvalue weighted by Crippen LogP contribution is -2.44. The topological polar surface area (TPSA) is 104 Å². The molecule has 250 valence electrons. The zero-order chi connectivity index (χ0) is 33.1. The molecule has 3 heterocycles. The third kappa shape index (κ3) is 11.3. The zero-order valence-corrected chi connectivity index (χ0v) is 27.2. The number of carbonyl (C=O) groups is 2. The Morgan fingerprint density at radius 1 is 1.04 bits per heavy atom. The maximum absolute atomic E-state index is 12.5. The molecule has 1 aromatic heterocycles. The summed E-state index contributed by atoms with van der Waals surface area (Å²) in [5.74, 6) is -1.86. The van der Waals surface area contributed by atoms with Crippen LogP contribution in [0, 0.1) is 0 Å². The summed E-state index contributed by atoms with van der Waals surface area (Å²) >= 11 is 13.8. The maximum Gasteiger partial charge on any atom is 0.490 e. The van der Waals surface area contributed by atoms with Crippen molar-refractivity contribution in [1.82, 2.24) is 15.2 Å². The summed E-state index contributed by atoms with van der Waals surface area (Å²) in [7, 11) is 0. The van der Waals surface area contributed by atoms with Gasteiger partial charge in [0.15, 0.2) is 5.13 Å². The fourth-order valence-electron chi connectivity index (χ4n) is 4.87. The molecule has 2 aliphatic rings. The second-order valence-corrected chi connectivity index (χ2v) is 12.4.